The van der Waals surface area contributed by atoms with Gasteiger partial charge in [0.25, 0.3) is 0 Å². The molecule has 0 spiro atoms. The Labute approximate surface area is 160 Å². The fourth-order valence-electron chi connectivity index (χ4n) is 3.85. The van der Waals surface area contributed by atoms with E-state index in [1.165, 1.54) is 0 Å². The molecule has 1 aliphatic heterocycles. The van der Waals surface area contributed by atoms with Gasteiger partial charge in [-0.15, -0.1) is 11.3 Å². The van der Waals surface area contributed by atoms with Crippen LogP contribution in [0.25, 0.3) is 26.1 Å². The summed E-state index contributed by atoms with van der Waals surface area (Å²) in [7, 11) is 2.15. The Bertz CT molecular complexity index is 1230. The van der Waals surface area contributed by atoms with Crippen LogP contribution in [0.2, 0.25) is 0 Å². The van der Waals surface area contributed by atoms with Crippen molar-refractivity contribution in [2.75, 3.05) is 43.9 Å². The molecule has 0 atom stereocenters. The molecular weight excluding hydrogens is 358 g/mol. The van der Waals surface area contributed by atoms with Crippen molar-refractivity contribution in [3.8, 4) is 0 Å². The van der Waals surface area contributed by atoms with E-state index in [4.69, 9.17) is 10.7 Å². The van der Waals surface area contributed by atoms with E-state index >= 15 is 0 Å². The minimum Gasteiger partial charge on any atom is -0.393 e. The number of likely N-dealkylation sites (N-methyl/N-ethyl adjacent to an activating group) is 1. The predicted molar refractivity (Wildman–Crippen MR) is 113 cm³/mol. The highest BCUT2D eigenvalue weighted by Gasteiger charge is 2.18. The van der Waals surface area contributed by atoms with E-state index < -0.39 is 0 Å². The van der Waals surface area contributed by atoms with Crippen molar-refractivity contribution in [1.29, 1.82) is 0 Å². The van der Waals surface area contributed by atoms with Gasteiger partial charge in [0, 0.05) is 19.6 Å². The van der Waals surface area contributed by atoms with Gasteiger partial charge < -0.3 is 15.5 Å². The lowest BCUT2D eigenvalue weighted by molar-refractivity contribution is 0.360. The second-order valence-electron chi connectivity index (χ2n) is 7.14. The molecule has 4 aromatic rings. The fourth-order valence-corrected chi connectivity index (χ4v) is 4.95. The highest BCUT2D eigenvalue weighted by Crippen LogP contribution is 2.32. The van der Waals surface area contributed by atoms with Crippen molar-refractivity contribution < 1.29 is 0 Å². The van der Waals surface area contributed by atoms with Crippen LogP contribution in [0.1, 0.15) is 6.42 Å². The van der Waals surface area contributed by atoms with Crippen LogP contribution in [0.3, 0.4) is 0 Å². The third-order valence-electron chi connectivity index (χ3n) is 5.35. The summed E-state index contributed by atoms with van der Waals surface area (Å²) >= 11 is 1.54. The molecule has 3 aromatic heterocycles. The molecule has 5 rings (SSSR count). The number of hydrogen-bond acceptors (Lipinski definition) is 6. The number of benzene rings is 1. The van der Waals surface area contributed by atoms with Gasteiger partial charge in [-0.05, 0) is 44.3 Å². The summed E-state index contributed by atoms with van der Waals surface area (Å²) in [5, 5.41) is 0.573. The molecule has 0 radical (unpaired) electrons. The molecule has 0 amide bonds. The number of fused-ring (bicyclic) bond motifs is 5. The van der Waals surface area contributed by atoms with Crippen molar-refractivity contribution >= 4 is 48.9 Å². The number of nitrogens with two attached hydrogens (primary N) is 1. The maximum Gasteiger partial charge on any atom is 0.215 e. The molecule has 138 valence electrons. The number of hydrogen-bond donors (Lipinski definition) is 1. The molecule has 6 nitrogen and oxygen atoms in total. The predicted octanol–water partition coefficient (Wildman–Crippen LogP) is 2.79. The van der Waals surface area contributed by atoms with Crippen LogP contribution in [0, 0.1) is 0 Å². The van der Waals surface area contributed by atoms with E-state index in [2.05, 4.69) is 29.0 Å². The highest BCUT2D eigenvalue weighted by molar-refractivity contribution is 7.24. The molecular formula is C20H21N5OS. The van der Waals surface area contributed by atoms with Gasteiger partial charge in [-0.3, -0.25) is 9.20 Å². The van der Waals surface area contributed by atoms with Crippen LogP contribution in [0.15, 0.2) is 41.2 Å². The molecule has 1 fully saturated rings. The number of nitrogen functional groups attached to an aromatic ring is 1. The Morgan fingerprint density at radius 2 is 1.93 bits per heavy atom. The van der Waals surface area contributed by atoms with Crippen LogP contribution in [0.4, 0.5) is 11.5 Å². The molecule has 0 saturated carbocycles. The van der Waals surface area contributed by atoms with Gasteiger partial charge in [-0.1, -0.05) is 12.1 Å². The van der Waals surface area contributed by atoms with Gasteiger partial charge in [0.15, 0.2) is 5.65 Å². The Kier molecular flexibility index (Phi) is 3.80. The molecule has 0 bridgehead atoms. The normalized spacial score (nSPS) is 16.4. The quantitative estimate of drug-likeness (QED) is 0.551. The standard InChI is InChI=1S/C20H21N5OS/c1-23-9-4-10-24(12-11-23)16-8-7-13-18(26)17(21)20-25(19(13)22-16)14-5-2-3-6-15(14)27-20/h2-3,5-8H,4,9-12,21H2,1H3. The third-order valence-corrected chi connectivity index (χ3v) is 6.51. The molecule has 0 aliphatic carbocycles. The monoisotopic (exact) mass is 379 g/mol. The second-order valence-corrected chi connectivity index (χ2v) is 8.17. The average Bonchev–Trinajstić information content (AvgIpc) is 2.94. The van der Waals surface area contributed by atoms with Gasteiger partial charge in [0.2, 0.25) is 5.43 Å². The van der Waals surface area contributed by atoms with E-state index in [1.54, 1.807) is 11.3 Å². The van der Waals surface area contributed by atoms with E-state index in [0.29, 0.717) is 16.7 Å². The van der Waals surface area contributed by atoms with Crippen LogP contribution in [-0.2, 0) is 0 Å². The minimum absolute atomic E-state index is 0.133. The van der Waals surface area contributed by atoms with Gasteiger partial charge in [-0.25, -0.2) is 4.98 Å². The first kappa shape index (κ1) is 16.5. The minimum atomic E-state index is -0.133. The number of aromatic nitrogens is 2. The number of rotatable bonds is 1. The number of anilines is 2. The lowest BCUT2D eigenvalue weighted by Crippen LogP contribution is -2.29. The molecule has 1 saturated heterocycles. The van der Waals surface area contributed by atoms with Gasteiger partial charge in [0.1, 0.15) is 16.3 Å². The lowest BCUT2D eigenvalue weighted by Gasteiger charge is -2.22. The van der Waals surface area contributed by atoms with Gasteiger partial charge in [-0.2, -0.15) is 0 Å². The Hall–Kier alpha value is -2.64. The van der Waals surface area contributed by atoms with Crippen molar-refractivity contribution in [3.05, 3.63) is 46.6 Å². The average molecular weight is 379 g/mol. The van der Waals surface area contributed by atoms with Crippen LogP contribution >= 0.6 is 11.3 Å². The Balaban J connectivity index is 1.79. The Morgan fingerprint density at radius 1 is 1.07 bits per heavy atom. The summed E-state index contributed by atoms with van der Waals surface area (Å²) in [5.74, 6) is 0.922. The maximum atomic E-state index is 12.8. The number of thiazole rings is 1. The molecule has 2 N–H and O–H groups in total. The first-order valence-electron chi connectivity index (χ1n) is 9.19. The summed E-state index contributed by atoms with van der Waals surface area (Å²) in [5.41, 5.74) is 8.09. The van der Waals surface area contributed by atoms with Crippen LogP contribution in [0.5, 0.6) is 0 Å². The molecule has 1 aliphatic rings. The van der Waals surface area contributed by atoms with Crippen molar-refractivity contribution in [2.45, 2.75) is 6.42 Å². The molecule has 1 aromatic carbocycles. The zero-order chi connectivity index (χ0) is 18.5. The van der Waals surface area contributed by atoms with Crippen molar-refractivity contribution in [2.24, 2.45) is 0 Å². The largest absolute Gasteiger partial charge is 0.393 e. The number of nitrogens with zero attached hydrogens (tertiary/aromatic N) is 4. The van der Waals surface area contributed by atoms with Crippen LogP contribution < -0.4 is 16.1 Å². The summed E-state index contributed by atoms with van der Waals surface area (Å²) in [6, 6.07) is 11.9. The molecule has 4 heterocycles. The number of para-hydroxylation sites is 1. The zero-order valence-corrected chi connectivity index (χ0v) is 16.0. The van der Waals surface area contributed by atoms with Gasteiger partial charge in [0.05, 0.1) is 15.6 Å². The SMILES string of the molecule is CN1CCCN(c2ccc3c(=O)c(N)c4sc5ccccc5n4c3n2)CC1. The Morgan fingerprint density at radius 3 is 2.81 bits per heavy atom. The van der Waals surface area contributed by atoms with E-state index in [1.807, 2.05) is 28.7 Å². The van der Waals surface area contributed by atoms with Gasteiger partial charge >= 0.3 is 0 Å². The summed E-state index contributed by atoms with van der Waals surface area (Å²) < 4.78 is 3.14. The number of pyridine rings is 2. The second kappa shape index (κ2) is 6.21. The highest BCUT2D eigenvalue weighted by atomic mass is 32.1. The van der Waals surface area contributed by atoms with E-state index in [-0.39, 0.29) is 5.43 Å². The fraction of sp³-hybridized carbons (Fsp3) is 0.300. The molecule has 0 unspecified atom stereocenters. The summed E-state index contributed by atoms with van der Waals surface area (Å²) in [6.07, 6.45) is 1.11. The van der Waals surface area contributed by atoms with Crippen LogP contribution in [-0.4, -0.2) is 47.5 Å². The lowest BCUT2D eigenvalue weighted by atomic mass is 10.2. The molecule has 27 heavy (non-hydrogen) atoms. The zero-order valence-electron chi connectivity index (χ0n) is 15.2. The summed E-state index contributed by atoms with van der Waals surface area (Å²) in [4.78, 5) is 23.2. The van der Waals surface area contributed by atoms with E-state index in [9.17, 15) is 4.79 Å². The molecule has 7 heteroatoms. The van der Waals surface area contributed by atoms with E-state index in [0.717, 1.165) is 53.5 Å². The first-order chi connectivity index (χ1) is 13.1. The topological polar surface area (TPSA) is 66.9 Å². The third kappa shape index (κ3) is 2.57. The first-order valence-corrected chi connectivity index (χ1v) is 10.0. The summed E-state index contributed by atoms with van der Waals surface area (Å²) in [6.45, 7) is 4.02. The smallest absolute Gasteiger partial charge is 0.215 e. The van der Waals surface area contributed by atoms with Crippen molar-refractivity contribution in [1.82, 2.24) is 14.3 Å². The maximum absolute atomic E-state index is 12.8. The van der Waals surface area contributed by atoms with Crippen molar-refractivity contribution in [3.63, 3.8) is 0 Å².